The van der Waals surface area contributed by atoms with E-state index in [1.807, 2.05) is 19.1 Å². The average molecular weight is 262 g/mol. The Bertz CT molecular complexity index is 438. The molecule has 1 aliphatic rings. The van der Waals surface area contributed by atoms with E-state index in [9.17, 15) is 10.1 Å². The summed E-state index contributed by atoms with van der Waals surface area (Å²) in [4.78, 5) is 10.8. The van der Waals surface area contributed by atoms with Crippen LogP contribution in [0.4, 0.5) is 11.4 Å². The molecule has 1 N–H and O–H groups in total. The van der Waals surface area contributed by atoms with Crippen LogP contribution in [0.2, 0.25) is 0 Å². The summed E-state index contributed by atoms with van der Waals surface area (Å²) in [7, 11) is 0. The lowest BCUT2D eigenvalue weighted by Crippen LogP contribution is -2.21. The highest BCUT2D eigenvalue weighted by Gasteiger charge is 2.18. The third-order valence-electron chi connectivity index (χ3n) is 3.81. The van der Waals surface area contributed by atoms with E-state index < -0.39 is 0 Å². The molecular weight excluding hydrogens is 240 g/mol. The van der Waals surface area contributed by atoms with Crippen molar-refractivity contribution in [2.75, 3.05) is 5.32 Å². The van der Waals surface area contributed by atoms with Gasteiger partial charge in [-0.1, -0.05) is 38.2 Å². The maximum atomic E-state index is 11.1. The first-order valence-electron chi connectivity index (χ1n) is 7.18. The van der Waals surface area contributed by atoms with Crippen molar-refractivity contribution in [1.29, 1.82) is 0 Å². The summed E-state index contributed by atoms with van der Waals surface area (Å²) in [6.07, 6.45) is 8.57. The molecular formula is C15H22N2O2. The third kappa shape index (κ3) is 3.94. The van der Waals surface area contributed by atoms with Crippen LogP contribution in [0.15, 0.2) is 18.2 Å². The molecule has 0 aromatic heterocycles. The standard InChI is InChI=1S/C15H22N2O2/c1-12-9-10-14(15(11-12)17(18)19)16-13-7-5-3-2-4-6-8-13/h9-11,13,16H,2-8H2,1H3. The predicted octanol–water partition coefficient (Wildman–Crippen LogP) is 4.43. The number of aryl methyl sites for hydroxylation is 1. The molecule has 0 bridgehead atoms. The van der Waals surface area contributed by atoms with Crippen molar-refractivity contribution >= 4 is 11.4 Å². The number of nitrogens with zero attached hydrogens (tertiary/aromatic N) is 1. The lowest BCUT2D eigenvalue weighted by Gasteiger charge is -2.22. The summed E-state index contributed by atoms with van der Waals surface area (Å²) in [6, 6.07) is 5.79. The Morgan fingerprint density at radius 2 is 1.79 bits per heavy atom. The number of anilines is 1. The number of nitrogens with one attached hydrogen (secondary N) is 1. The van der Waals surface area contributed by atoms with Crippen molar-refractivity contribution in [2.45, 2.75) is 57.9 Å². The molecule has 0 saturated heterocycles. The zero-order valence-corrected chi connectivity index (χ0v) is 11.5. The van der Waals surface area contributed by atoms with Gasteiger partial charge in [-0.25, -0.2) is 0 Å². The Labute approximate surface area is 114 Å². The Balaban J connectivity index is 2.10. The fraction of sp³-hybridized carbons (Fsp3) is 0.600. The van der Waals surface area contributed by atoms with Gasteiger partial charge in [0.2, 0.25) is 0 Å². The largest absolute Gasteiger partial charge is 0.377 e. The zero-order valence-electron chi connectivity index (χ0n) is 11.5. The zero-order chi connectivity index (χ0) is 13.7. The normalized spacial score (nSPS) is 17.5. The molecule has 4 nitrogen and oxygen atoms in total. The van der Waals surface area contributed by atoms with E-state index >= 15 is 0 Å². The molecule has 0 spiro atoms. The van der Waals surface area contributed by atoms with Crippen molar-refractivity contribution < 1.29 is 4.92 Å². The molecule has 0 heterocycles. The van der Waals surface area contributed by atoms with Crippen molar-refractivity contribution in [3.8, 4) is 0 Å². The molecule has 0 radical (unpaired) electrons. The number of rotatable bonds is 3. The Kier molecular flexibility index (Phi) is 4.77. The molecule has 0 aliphatic heterocycles. The van der Waals surface area contributed by atoms with Crippen LogP contribution in [0, 0.1) is 17.0 Å². The van der Waals surface area contributed by atoms with E-state index in [1.54, 1.807) is 6.07 Å². The highest BCUT2D eigenvalue weighted by molar-refractivity contribution is 5.62. The number of benzene rings is 1. The van der Waals surface area contributed by atoms with Gasteiger partial charge in [0.1, 0.15) is 5.69 Å². The van der Waals surface area contributed by atoms with Gasteiger partial charge in [-0.15, -0.1) is 0 Å². The van der Waals surface area contributed by atoms with Gasteiger partial charge < -0.3 is 5.32 Å². The van der Waals surface area contributed by atoms with Crippen LogP contribution in [-0.2, 0) is 0 Å². The minimum absolute atomic E-state index is 0.196. The van der Waals surface area contributed by atoms with E-state index in [2.05, 4.69) is 5.32 Å². The molecule has 0 amide bonds. The first kappa shape index (κ1) is 13.8. The molecule has 2 rings (SSSR count). The first-order chi connectivity index (χ1) is 9.16. The Morgan fingerprint density at radius 3 is 2.42 bits per heavy atom. The molecule has 1 fully saturated rings. The van der Waals surface area contributed by atoms with Gasteiger partial charge in [0.15, 0.2) is 0 Å². The second kappa shape index (κ2) is 6.55. The van der Waals surface area contributed by atoms with Crippen LogP contribution in [0.3, 0.4) is 0 Å². The molecule has 4 heteroatoms. The quantitative estimate of drug-likeness (QED) is 0.647. The second-order valence-electron chi connectivity index (χ2n) is 5.46. The topological polar surface area (TPSA) is 55.2 Å². The minimum Gasteiger partial charge on any atom is -0.377 e. The van der Waals surface area contributed by atoms with Crippen molar-refractivity contribution in [3.63, 3.8) is 0 Å². The molecule has 0 atom stereocenters. The molecule has 0 unspecified atom stereocenters. The third-order valence-corrected chi connectivity index (χ3v) is 3.81. The number of nitro groups is 1. The first-order valence-corrected chi connectivity index (χ1v) is 7.18. The van der Waals surface area contributed by atoms with E-state index in [0.29, 0.717) is 11.7 Å². The monoisotopic (exact) mass is 262 g/mol. The van der Waals surface area contributed by atoms with Gasteiger partial charge in [0.25, 0.3) is 5.69 Å². The van der Waals surface area contributed by atoms with Gasteiger partial charge >= 0.3 is 0 Å². The Morgan fingerprint density at radius 1 is 1.16 bits per heavy atom. The summed E-state index contributed by atoms with van der Waals surface area (Å²) in [5, 5.41) is 14.5. The highest BCUT2D eigenvalue weighted by atomic mass is 16.6. The van der Waals surface area contributed by atoms with Gasteiger partial charge in [-0.05, 0) is 31.4 Å². The predicted molar refractivity (Wildman–Crippen MR) is 77.6 cm³/mol. The van der Waals surface area contributed by atoms with Crippen LogP contribution in [0.1, 0.15) is 50.5 Å². The maximum absolute atomic E-state index is 11.1. The summed E-state index contributed by atoms with van der Waals surface area (Å²) in [6.45, 7) is 1.88. The molecule has 1 aromatic rings. The molecule has 19 heavy (non-hydrogen) atoms. The maximum Gasteiger partial charge on any atom is 0.292 e. The SMILES string of the molecule is Cc1ccc(NC2CCCCCCC2)c([N+](=O)[O-])c1. The van der Waals surface area contributed by atoms with Crippen molar-refractivity contribution in [2.24, 2.45) is 0 Å². The molecule has 1 saturated carbocycles. The number of hydrogen-bond acceptors (Lipinski definition) is 3. The van der Waals surface area contributed by atoms with Crippen LogP contribution in [0.5, 0.6) is 0 Å². The summed E-state index contributed by atoms with van der Waals surface area (Å²) in [5.41, 5.74) is 1.79. The van der Waals surface area contributed by atoms with Crippen LogP contribution < -0.4 is 5.32 Å². The average Bonchev–Trinajstić information content (AvgIpc) is 2.34. The lowest BCUT2D eigenvalue weighted by molar-refractivity contribution is -0.384. The fourth-order valence-corrected chi connectivity index (χ4v) is 2.74. The van der Waals surface area contributed by atoms with E-state index in [4.69, 9.17) is 0 Å². The summed E-state index contributed by atoms with van der Waals surface area (Å²) >= 11 is 0. The van der Waals surface area contributed by atoms with Crippen LogP contribution in [-0.4, -0.2) is 11.0 Å². The number of nitro benzene ring substituents is 1. The van der Waals surface area contributed by atoms with Crippen molar-refractivity contribution in [1.82, 2.24) is 0 Å². The van der Waals surface area contributed by atoms with E-state index in [-0.39, 0.29) is 10.6 Å². The summed E-state index contributed by atoms with van der Waals surface area (Å²) < 4.78 is 0. The van der Waals surface area contributed by atoms with Gasteiger partial charge in [-0.2, -0.15) is 0 Å². The van der Waals surface area contributed by atoms with Gasteiger partial charge in [0.05, 0.1) is 4.92 Å². The van der Waals surface area contributed by atoms with E-state index in [0.717, 1.165) is 18.4 Å². The van der Waals surface area contributed by atoms with E-state index in [1.165, 1.54) is 32.1 Å². The minimum atomic E-state index is -0.293. The highest BCUT2D eigenvalue weighted by Crippen LogP contribution is 2.28. The second-order valence-corrected chi connectivity index (χ2v) is 5.46. The van der Waals surface area contributed by atoms with Crippen LogP contribution in [0.25, 0.3) is 0 Å². The van der Waals surface area contributed by atoms with Crippen molar-refractivity contribution in [3.05, 3.63) is 33.9 Å². The molecule has 1 aromatic carbocycles. The Hall–Kier alpha value is -1.58. The smallest absolute Gasteiger partial charge is 0.292 e. The van der Waals surface area contributed by atoms with Gasteiger partial charge in [-0.3, -0.25) is 10.1 Å². The number of hydrogen-bond donors (Lipinski definition) is 1. The lowest BCUT2D eigenvalue weighted by atomic mass is 9.96. The molecule has 104 valence electrons. The fourth-order valence-electron chi connectivity index (χ4n) is 2.74. The summed E-state index contributed by atoms with van der Waals surface area (Å²) in [5.74, 6) is 0. The molecule has 1 aliphatic carbocycles. The van der Waals surface area contributed by atoms with Gasteiger partial charge in [0, 0.05) is 12.1 Å². The van der Waals surface area contributed by atoms with Crippen LogP contribution >= 0.6 is 0 Å².